The van der Waals surface area contributed by atoms with Gasteiger partial charge in [-0.2, -0.15) is 5.10 Å². The predicted molar refractivity (Wildman–Crippen MR) is 118 cm³/mol. The lowest BCUT2D eigenvalue weighted by molar-refractivity contribution is 0.574. The lowest BCUT2D eigenvalue weighted by Gasteiger charge is -2.08. The first-order valence-corrected chi connectivity index (χ1v) is 11.3. The highest BCUT2D eigenvalue weighted by Gasteiger charge is 2.16. The van der Waals surface area contributed by atoms with Crippen molar-refractivity contribution in [2.45, 2.75) is 31.7 Å². The summed E-state index contributed by atoms with van der Waals surface area (Å²) < 4.78 is 31.9. The number of hydrogen-bond donors (Lipinski definition) is 1. The van der Waals surface area contributed by atoms with E-state index in [4.69, 9.17) is 16.6 Å². The molecule has 0 amide bonds. The third-order valence-corrected chi connectivity index (χ3v) is 6.65. The van der Waals surface area contributed by atoms with E-state index in [2.05, 4.69) is 9.82 Å². The number of rotatable bonds is 6. The first-order chi connectivity index (χ1) is 14.2. The topological polar surface area (TPSA) is 81.8 Å². The van der Waals surface area contributed by atoms with E-state index < -0.39 is 10.0 Å². The first kappa shape index (κ1) is 20.4. The molecule has 156 valence electrons. The van der Waals surface area contributed by atoms with Crippen LogP contribution < -0.4 is 4.72 Å². The van der Waals surface area contributed by atoms with Crippen LogP contribution >= 0.6 is 11.6 Å². The number of halogens is 1. The number of aryl methyl sites for hydroxylation is 5. The van der Waals surface area contributed by atoms with E-state index in [9.17, 15) is 8.42 Å². The van der Waals surface area contributed by atoms with Crippen LogP contribution in [0.3, 0.4) is 0 Å². The van der Waals surface area contributed by atoms with Crippen LogP contribution in [0, 0.1) is 13.8 Å². The van der Waals surface area contributed by atoms with Crippen LogP contribution in [0.15, 0.2) is 53.4 Å². The van der Waals surface area contributed by atoms with Gasteiger partial charge in [0.05, 0.1) is 27.3 Å². The maximum Gasteiger partial charge on any atom is 0.261 e. The second kappa shape index (κ2) is 7.77. The van der Waals surface area contributed by atoms with Crippen molar-refractivity contribution in [3.63, 3.8) is 0 Å². The molecule has 9 heteroatoms. The van der Waals surface area contributed by atoms with Gasteiger partial charge in [-0.25, -0.2) is 13.4 Å². The summed E-state index contributed by atoms with van der Waals surface area (Å²) in [6.07, 6.45) is 0.721. The van der Waals surface area contributed by atoms with Gasteiger partial charge in [-0.05, 0) is 62.4 Å². The van der Waals surface area contributed by atoms with Crippen molar-refractivity contribution in [3.05, 3.63) is 70.8 Å². The molecule has 0 aliphatic heterocycles. The summed E-state index contributed by atoms with van der Waals surface area (Å²) in [5, 5.41) is 4.98. The Hall–Kier alpha value is -2.84. The van der Waals surface area contributed by atoms with Crippen LogP contribution in [0.4, 0.5) is 5.69 Å². The Kier molecular flexibility index (Phi) is 5.29. The third-order valence-electron chi connectivity index (χ3n) is 5.00. The van der Waals surface area contributed by atoms with Crippen molar-refractivity contribution in [3.8, 4) is 0 Å². The largest absolute Gasteiger partial charge is 0.331 e. The van der Waals surface area contributed by atoms with E-state index in [1.807, 2.05) is 42.3 Å². The van der Waals surface area contributed by atoms with Gasteiger partial charge in [0.2, 0.25) is 0 Å². The van der Waals surface area contributed by atoms with Gasteiger partial charge in [0.15, 0.2) is 0 Å². The summed E-state index contributed by atoms with van der Waals surface area (Å²) in [5.41, 5.74) is 4.24. The van der Waals surface area contributed by atoms with Gasteiger partial charge >= 0.3 is 0 Å². The number of nitrogens with one attached hydrogen (secondary N) is 1. The fourth-order valence-electron chi connectivity index (χ4n) is 3.47. The molecule has 0 bridgehead atoms. The van der Waals surface area contributed by atoms with Gasteiger partial charge in [-0.15, -0.1) is 0 Å². The maximum absolute atomic E-state index is 12.6. The van der Waals surface area contributed by atoms with Gasteiger partial charge in [0.1, 0.15) is 5.82 Å². The van der Waals surface area contributed by atoms with Crippen LogP contribution in [0.1, 0.15) is 17.2 Å². The molecule has 2 aromatic heterocycles. The Balaban J connectivity index is 1.57. The van der Waals surface area contributed by atoms with Crippen molar-refractivity contribution in [2.24, 2.45) is 7.05 Å². The quantitative estimate of drug-likeness (QED) is 0.486. The molecule has 2 aromatic carbocycles. The number of fused-ring (bicyclic) bond motifs is 1. The Morgan fingerprint density at radius 2 is 1.80 bits per heavy atom. The van der Waals surface area contributed by atoms with E-state index in [-0.39, 0.29) is 4.90 Å². The van der Waals surface area contributed by atoms with Crippen molar-refractivity contribution in [1.29, 1.82) is 0 Å². The van der Waals surface area contributed by atoms with Crippen molar-refractivity contribution >= 4 is 38.3 Å². The summed E-state index contributed by atoms with van der Waals surface area (Å²) in [7, 11) is -1.74. The van der Waals surface area contributed by atoms with E-state index >= 15 is 0 Å². The predicted octanol–water partition coefficient (Wildman–Crippen LogP) is 4.08. The highest BCUT2D eigenvalue weighted by atomic mass is 35.5. The Bertz CT molecular complexity index is 1320. The highest BCUT2D eigenvalue weighted by molar-refractivity contribution is 7.92. The molecule has 4 aromatic rings. The fourth-order valence-corrected chi connectivity index (χ4v) is 4.65. The molecule has 0 spiro atoms. The molecule has 0 aliphatic carbocycles. The smallest absolute Gasteiger partial charge is 0.261 e. The zero-order chi connectivity index (χ0) is 21.5. The molecular formula is C21H22ClN5O2S. The molecule has 0 unspecified atom stereocenters. The molecule has 2 heterocycles. The highest BCUT2D eigenvalue weighted by Crippen LogP contribution is 2.23. The molecule has 4 rings (SSSR count). The number of benzene rings is 2. The molecule has 1 N–H and O–H groups in total. The average Bonchev–Trinajstić information content (AvgIpc) is 3.17. The van der Waals surface area contributed by atoms with Crippen molar-refractivity contribution < 1.29 is 8.42 Å². The Morgan fingerprint density at radius 1 is 1.07 bits per heavy atom. The molecule has 0 fully saturated rings. The molecule has 0 atom stereocenters. The van der Waals surface area contributed by atoms with E-state index in [0.717, 1.165) is 41.2 Å². The molecule has 7 nitrogen and oxygen atoms in total. The number of imidazole rings is 1. The summed E-state index contributed by atoms with van der Waals surface area (Å²) in [4.78, 5) is 4.86. The summed E-state index contributed by atoms with van der Waals surface area (Å²) in [5.74, 6) is 0.912. The summed E-state index contributed by atoms with van der Waals surface area (Å²) >= 11 is 5.85. The molecule has 30 heavy (non-hydrogen) atoms. The second-order valence-corrected chi connectivity index (χ2v) is 9.37. The average molecular weight is 444 g/mol. The lowest BCUT2D eigenvalue weighted by Crippen LogP contribution is -2.12. The van der Waals surface area contributed by atoms with Crippen LogP contribution in [0.25, 0.3) is 11.0 Å². The lowest BCUT2D eigenvalue weighted by atomic mass is 10.3. The van der Waals surface area contributed by atoms with Gasteiger partial charge < -0.3 is 4.57 Å². The van der Waals surface area contributed by atoms with E-state index in [0.29, 0.717) is 10.7 Å². The van der Waals surface area contributed by atoms with Gasteiger partial charge in [-0.3, -0.25) is 9.40 Å². The number of nitrogens with zero attached hydrogens (tertiary/aromatic N) is 4. The van der Waals surface area contributed by atoms with Crippen LogP contribution in [-0.4, -0.2) is 27.7 Å². The first-order valence-electron chi connectivity index (χ1n) is 9.48. The third kappa shape index (κ3) is 4.06. The normalized spacial score (nSPS) is 11.9. The zero-order valence-corrected chi connectivity index (χ0v) is 18.5. The second-order valence-electron chi connectivity index (χ2n) is 7.25. The Labute approximate surface area is 180 Å². The van der Waals surface area contributed by atoms with E-state index in [1.54, 1.807) is 24.3 Å². The SMILES string of the molecule is Cc1cc(C)n(CCc2nc3cc(NS(=O)(=O)c4ccc(Cl)cc4)ccc3n2C)n1. The summed E-state index contributed by atoms with van der Waals surface area (Å²) in [6, 6.07) is 13.4. The molecule has 0 radical (unpaired) electrons. The standard InChI is InChI=1S/C21H22ClN5O2S/c1-14-12-15(2)27(24-14)11-10-21-23-19-13-17(6-9-20(19)26(21)3)25-30(28,29)18-7-4-16(22)5-8-18/h4-9,12-13,25H,10-11H2,1-3H3. The number of anilines is 1. The fraction of sp³-hybridized carbons (Fsp3) is 0.238. The molecule has 0 aliphatic rings. The van der Waals surface area contributed by atoms with E-state index in [1.165, 1.54) is 12.1 Å². The Morgan fingerprint density at radius 3 is 2.47 bits per heavy atom. The van der Waals surface area contributed by atoms with Gasteiger partial charge in [0, 0.05) is 30.7 Å². The zero-order valence-electron chi connectivity index (χ0n) is 16.9. The molecule has 0 saturated carbocycles. The van der Waals surface area contributed by atoms with Crippen molar-refractivity contribution in [1.82, 2.24) is 19.3 Å². The number of aromatic nitrogens is 4. The minimum absolute atomic E-state index is 0.151. The monoisotopic (exact) mass is 443 g/mol. The number of hydrogen-bond acceptors (Lipinski definition) is 4. The minimum Gasteiger partial charge on any atom is -0.331 e. The minimum atomic E-state index is -3.71. The van der Waals surface area contributed by atoms with Gasteiger partial charge in [-0.1, -0.05) is 11.6 Å². The molecule has 0 saturated heterocycles. The summed E-state index contributed by atoms with van der Waals surface area (Å²) in [6.45, 7) is 4.74. The van der Waals surface area contributed by atoms with Crippen LogP contribution in [0.5, 0.6) is 0 Å². The van der Waals surface area contributed by atoms with Crippen LogP contribution in [-0.2, 0) is 30.0 Å². The number of sulfonamides is 1. The molecular weight excluding hydrogens is 422 g/mol. The van der Waals surface area contributed by atoms with Crippen molar-refractivity contribution in [2.75, 3.05) is 4.72 Å². The van der Waals surface area contributed by atoms with Crippen LogP contribution in [0.2, 0.25) is 5.02 Å². The maximum atomic E-state index is 12.6. The van der Waals surface area contributed by atoms with Gasteiger partial charge in [0.25, 0.3) is 10.0 Å².